The van der Waals surface area contributed by atoms with Gasteiger partial charge in [-0.2, -0.15) is 0 Å². The number of hydrogen-bond donors (Lipinski definition) is 2. The Balaban J connectivity index is 1.39. The fourth-order valence-electron chi connectivity index (χ4n) is 3.84. The largest absolute Gasteiger partial charge is 0.351 e. The quantitative estimate of drug-likeness (QED) is 0.720. The van der Waals surface area contributed by atoms with Crippen LogP contribution in [0.2, 0.25) is 0 Å². The molecule has 3 aromatic rings. The number of nitrogens with one attached hydrogen (secondary N) is 1. The lowest BCUT2D eigenvalue weighted by Crippen LogP contribution is -2.48. The Kier molecular flexibility index (Phi) is 5.44. The first kappa shape index (κ1) is 19.0. The molecule has 29 heavy (non-hydrogen) atoms. The van der Waals surface area contributed by atoms with Crippen molar-refractivity contribution in [3.05, 3.63) is 77.9 Å². The van der Waals surface area contributed by atoms with Crippen LogP contribution < -0.4 is 11.1 Å². The first-order valence-electron chi connectivity index (χ1n) is 9.75. The van der Waals surface area contributed by atoms with Crippen LogP contribution in [-0.2, 0) is 6.54 Å². The number of hydrogen-bond acceptors (Lipinski definition) is 3. The fraction of sp³-hybridized carbons (Fsp3) is 0.217. The van der Waals surface area contributed by atoms with Crippen molar-refractivity contribution >= 4 is 28.4 Å². The highest BCUT2D eigenvalue weighted by Gasteiger charge is 2.22. The normalized spacial score (nSPS) is 14.7. The molecule has 1 fully saturated rings. The Bertz CT molecular complexity index is 1040. The van der Waals surface area contributed by atoms with Gasteiger partial charge < -0.3 is 16.0 Å². The molecular weight excluding hydrogens is 364 g/mol. The Labute approximate surface area is 169 Å². The number of carbonyl (C=O) groups is 2. The second-order valence-corrected chi connectivity index (χ2v) is 7.28. The standard InChI is InChI=1S/C23H24N4O2/c24-23(29)25-20-9-4-7-18(15-20)22(28)27-13-11-26(12-14-27)16-19-8-3-6-17-5-1-2-10-21(17)19/h1-10,15H,11-14,16H2,(H3,24,25,29). The number of nitrogens with zero attached hydrogens (tertiary/aromatic N) is 2. The summed E-state index contributed by atoms with van der Waals surface area (Å²) in [4.78, 5) is 28.1. The molecule has 148 valence electrons. The molecule has 3 aromatic carbocycles. The summed E-state index contributed by atoms with van der Waals surface area (Å²) in [5, 5.41) is 5.05. The SMILES string of the molecule is NC(=O)Nc1cccc(C(=O)N2CCN(Cc3cccc4ccccc34)CC2)c1. The summed E-state index contributed by atoms with van der Waals surface area (Å²) >= 11 is 0. The molecule has 0 aromatic heterocycles. The van der Waals surface area contributed by atoms with E-state index in [0.717, 1.165) is 19.6 Å². The lowest BCUT2D eigenvalue weighted by molar-refractivity contribution is 0.0629. The number of piperazine rings is 1. The van der Waals surface area contributed by atoms with E-state index in [1.165, 1.54) is 16.3 Å². The first-order valence-corrected chi connectivity index (χ1v) is 9.75. The minimum atomic E-state index is -0.642. The molecule has 6 nitrogen and oxygen atoms in total. The topological polar surface area (TPSA) is 78.7 Å². The van der Waals surface area contributed by atoms with E-state index in [1.54, 1.807) is 24.3 Å². The van der Waals surface area contributed by atoms with E-state index in [2.05, 4.69) is 52.7 Å². The number of rotatable bonds is 4. The molecule has 3 N–H and O–H groups in total. The van der Waals surface area contributed by atoms with Crippen molar-refractivity contribution in [3.8, 4) is 0 Å². The second kappa shape index (κ2) is 8.32. The van der Waals surface area contributed by atoms with E-state index in [1.807, 2.05) is 4.90 Å². The number of urea groups is 1. The number of benzene rings is 3. The monoisotopic (exact) mass is 388 g/mol. The average molecular weight is 388 g/mol. The highest BCUT2D eigenvalue weighted by molar-refractivity contribution is 5.96. The predicted molar refractivity (Wildman–Crippen MR) is 115 cm³/mol. The lowest BCUT2D eigenvalue weighted by atomic mass is 10.0. The van der Waals surface area contributed by atoms with E-state index in [0.29, 0.717) is 24.3 Å². The highest BCUT2D eigenvalue weighted by atomic mass is 16.2. The van der Waals surface area contributed by atoms with Crippen LogP contribution in [0.1, 0.15) is 15.9 Å². The van der Waals surface area contributed by atoms with Gasteiger partial charge in [0.25, 0.3) is 5.91 Å². The number of amides is 3. The van der Waals surface area contributed by atoms with Crippen LogP contribution in [0.15, 0.2) is 66.7 Å². The molecule has 0 radical (unpaired) electrons. The Hall–Kier alpha value is -3.38. The van der Waals surface area contributed by atoms with Crippen LogP contribution in [0.5, 0.6) is 0 Å². The lowest BCUT2D eigenvalue weighted by Gasteiger charge is -2.35. The van der Waals surface area contributed by atoms with Gasteiger partial charge in [-0.15, -0.1) is 0 Å². The van der Waals surface area contributed by atoms with E-state index >= 15 is 0 Å². The summed E-state index contributed by atoms with van der Waals surface area (Å²) < 4.78 is 0. The molecule has 1 aliphatic heterocycles. The molecule has 4 rings (SSSR count). The Morgan fingerprint density at radius 2 is 1.62 bits per heavy atom. The predicted octanol–water partition coefficient (Wildman–Crippen LogP) is 3.29. The number of nitrogens with two attached hydrogens (primary N) is 1. The van der Waals surface area contributed by atoms with Crippen LogP contribution in [0.4, 0.5) is 10.5 Å². The molecule has 1 aliphatic rings. The van der Waals surface area contributed by atoms with Crippen LogP contribution in [0, 0.1) is 0 Å². The third-order valence-electron chi connectivity index (χ3n) is 5.31. The Morgan fingerprint density at radius 3 is 2.41 bits per heavy atom. The molecular formula is C23H24N4O2. The zero-order chi connectivity index (χ0) is 20.2. The van der Waals surface area contributed by atoms with Gasteiger partial charge in [0.05, 0.1) is 0 Å². The van der Waals surface area contributed by atoms with Crippen molar-refractivity contribution in [2.75, 3.05) is 31.5 Å². The van der Waals surface area contributed by atoms with Gasteiger partial charge in [0.15, 0.2) is 0 Å². The highest BCUT2D eigenvalue weighted by Crippen LogP contribution is 2.21. The molecule has 1 heterocycles. The molecule has 0 aliphatic carbocycles. The average Bonchev–Trinajstić information content (AvgIpc) is 2.74. The maximum Gasteiger partial charge on any atom is 0.316 e. The van der Waals surface area contributed by atoms with Gasteiger partial charge >= 0.3 is 6.03 Å². The summed E-state index contributed by atoms with van der Waals surface area (Å²) in [6, 6.07) is 21.1. The second-order valence-electron chi connectivity index (χ2n) is 7.28. The molecule has 1 saturated heterocycles. The van der Waals surface area contributed by atoms with Gasteiger partial charge in [0.1, 0.15) is 0 Å². The van der Waals surface area contributed by atoms with E-state index < -0.39 is 6.03 Å². The zero-order valence-electron chi connectivity index (χ0n) is 16.2. The third-order valence-corrected chi connectivity index (χ3v) is 5.31. The number of anilines is 1. The van der Waals surface area contributed by atoms with Crippen molar-refractivity contribution in [1.82, 2.24) is 9.80 Å². The summed E-state index contributed by atoms with van der Waals surface area (Å²) in [6.07, 6.45) is 0. The number of carbonyl (C=O) groups excluding carboxylic acids is 2. The van der Waals surface area contributed by atoms with Gasteiger partial charge in [-0.3, -0.25) is 9.69 Å². The molecule has 0 atom stereocenters. The van der Waals surface area contributed by atoms with Crippen LogP contribution in [0.3, 0.4) is 0 Å². The molecule has 6 heteroatoms. The van der Waals surface area contributed by atoms with Crippen LogP contribution in [-0.4, -0.2) is 47.9 Å². The molecule has 0 bridgehead atoms. The first-order chi connectivity index (χ1) is 14.1. The van der Waals surface area contributed by atoms with E-state index in [-0.39, 0.29) is 5.91 Å². The fourth-order valence-corrected chi connectivity index (χ4v) is 3.84. The number of primary amides is 1. The molecule has 3 amide bonds. The van der Waals surface area contributed by atoms with Crippen molar-refractivity contribution in [3.63, 3.8) is 0 Å². The minimum Gasteiger partial charge on any atom is -0.351 e. The summed E-state index contributed by atoms with van der Waals surface area (Å²) in [5.74, 6) is -0.0251. The van der Waals surface area contributed by atoms with Crippen molar-refractivity contribution in [1.29, 1.82) is 0 Å². The summed E-state index contributed by atoms with van der Waals surface area (Å²) in [6.45, 7) is 3.89. The maximum atomic E-state index is 12.8. The minimum absolute atomic E-state index is 0.0251. The Morgan fingerprint density at radius 1 is 0.897 bits per heavy atom. The smallest absolute Gasteiger partial charge is 0.316 e. The van der Waals surface area contributed by atoms with Crippen LogP contribution >= 0.6 is 0 Å². The van der Waals surface area contributed by atoms with E-state index in [9.17, 15) is 9.59 Å². The van der Waals surface area contributed by atoms with Gasteiger partial charge in [0.2, 0.25) is 0 Å². The van der Waals surface area contributed by atoms with Gasteiger partial charge in [0, 0.05) is 44.0 Å². The number of fused-ring (bicyclic) bond motifs is 1. The van der Waals surface area contributed by atoms with Gasteiger partial charge in [-0.25, -0.2) is 4.79 Å². The van der Waals surface area contributed by atoms with Gasteiger partial charge in [-0.05, 0) is 34.5 Å². The maximum absolute atomic E-state index is 12.8. The van der Waals surface area contributed by atoms with Crippen molar-refractivity contribution < 1.29 is 9.59 Å². The van der Waals surface area contributed by atoms with Crippen molar-refractivity contribution in [2.45, 2.75) is 6.54 Å². The molecule has 0 unspecified atom stereocenters. The van der Waals surface area contributed by atoms with Gasteiger partial charge in [-0.1, -0.05) is 48.5 Å². The van der Waals surface area contributed by atoms with E-state index in [4.69, 9.17) is 5.73 Å². The van der Waals surface area contributed by atoms with Crippen LogP contribution in [0.25, 0.3) is 10.8 Å². The third kappa shape index (κ3) is 4.38. The summed E-state index contributed by atoms with van der Waals surface area (Å²) in [7, 11) is 0. The molecule has 0 saturated carbocycles. The summed E-state index contributed by atoms with van der Waals surface area (Å²) in [5.41, 5.74) is 7.55. The van der Waals surface area contributed by atoms with Crippen molar-refractivity contribution in [2.24, 2.45) is 5.73 Å². The zero-order valence-corrected chi connectivity index (χ0v) is 16.2. The molecule has 0 spiro atoms.